The Kier molecular flexibility index (Phi) is 22.7. The van der Waals surface area contributed by atoms with Gasteiger partial charge in [-0.05, 0) is 12.2 Å². The van der Waals surface area contributed by atoms with E-state index in [-0.39, 0.29) is 17.1 Å². The Hall–Kier alpha value is 0.319. The minimum atomic E-state index is 0. The Balaban J connectivity index is 0. The van der Waals surface area contributed by atoms with Crippen molar-refractivity contribution < 1.29 is 17.1 Å². The molecule has 0 aliphatic carbocycles. The van der Waals surface area contributed by atoms with Gasteiger partial charge in [-0.15, -0.1) is 0 Å². The van der Waals surface area contributed by atoms with E-state index < -0.39 is 0 Å². The number of thiocarbonyl (C=S) groups is 1. The fraction of sp³-hybridized carbons (Fsp3) is 0. The van der Waals surface area contributed by atoms with Crippen molar-refractivity contribution >= 4 is 17.4 Å². The molecule has 1 radical (unpaired) electrons. The topological polar surface area (TPSA) is 23.9 Å². The molecule has 4 heavy (non-hydrogen) atoms. The van der Waals surface area contributed by atoms with Crippen molar-refractivity contribution in [2.24, 2.45) is 0 Å². The van der Waals surface area contributed by atoms with Gasteiger partial charge in [0.05, 0.1) is 5.16 Å². The standard InChI is InChI=1S/CHNS.Cu/c2-1-3;/h2H;. The van der Waals surface area contributed by atoms with Gasteiger partial charge in [0.25, 0.3) is 0 Å². The summed E-state index contributed by atoms with van der Waals surface area (Å²) in [7, 11) is 0. The summed E-state index contributed by atoms with van der Waals surface area (Å²) in [6, 6.07) is 0. The Bertz CT molecular complexity index is 29.0. The van der Waals surface area contributed by atoms with E-state index in [1.165, 1.54) is 0 Å². The van der Waals surface area contributed by atoms with Gasteiger partial charge in [0, 0.05) is 17.1 Å². The fourth-order valence-electron chi connectivity index (χ4n) is 0. The minimum absolute atomic E-state index is 0. The minimum Gasteiger partial charge on any atom is -0.248 e. The van der Waals surface area contributed by atoms with E-state index in [2.05, 4.69) is 12.2 Å². The molecule has 0 bridgehead atoms. The molecule has 27 valence electrons. The van der Waals surface area contributed by atoms with Crippen LogP contribution in [0.4, 0.5) is 0 Å². The maximum Gasteiger partial charge on any atom is 0.0554 e. The number of hydrogen-bond donors (Lipinski definition) is 1. The van der Waals surface area contributed by atoms with Crippen LogP contribution < -0.4 is 0 Å². The van der Waals surface area contributed by atoms with Crippen LogP contribution in [0.2, 0.25) is 0 Å². The Morgan fingerprint density at radius 1 is 1.75 bits per heavy atom. The summed E-state index contributed by atoms with van der Waals surface area (Å²) < 4.78 is 0. The molecule has 0 saturated heterocycles. The van der Waals surface area contributed by atoms with Gasteiger partial charge in [-0.3, -0.25) is 0 Å². The molecule has 0 rings (SSSR count). The normalized spacial score (nSPS) is 2.00. The molecule has 0 aliphatic heterocycles. The number of rotatable bonds is 0. The zero-order valence-corrected chi connectivity index (χ0v) is 3.47. The maximum absolute atomic E-state index is 5.77. The van der Waals surface area contributed by atoms with Gasteiger partial charge in [-0.25, -0.2) is 5.41 Å². The first kappa shape index (κ1) is 8.85. The van der Waals surface area contributed by atoms with E-state index >= 15 is 0 Å². The zero-order valence-electron chi connectivity index (χ0n) is 1.71. The summed E-state index contributed by atoms with van der Waals surface area (Å²) >= 11 is 3.81. The number of hydrogen-bond acceptors (Lipinski definition) is 2. The van der Waals surface area contributed by atoms with Crippen molar-refractivity contribution in [2.75, 3.05) is 0 Å². The van der Waals surface area contributed by atoms with Crippen LogP contribution in [0.25, 0.3) is 0 Å². The second-order valence-electron chi connectivity index (χ2n) is 0.102. The Morgan fingerprint density at radius 3 is 1.75 bits per heavy atom. The van der Waals surface area contributed by atoms with E-state index in [9.17, 15) is 0 Å². The predicted octanol–water partition coefficient (Wildman–Crippen LogP) is 0.665. The molecule has 0 aromatic carbocycles. The average Bonchev–Trinajstić information content (AvgIpc) is 0.918. The van der Waals surface area contributed by atoms with Gasteiger partial charge >= 0.3 is 0 Å². The molecule has 3 heteroatoms. The SMILES string of the molecule is N=C=S.[Cu]. The average molecular weight is 123 g/mol. The zero-order chi connectivity index (χ0) is 2.71. The van der Waals surface area contributed by atoms with E-state index in [0.29, 0.717) is 0 Å². The summed E-state index contributed by atoms with van der Waals surface area (Å²) in [5.74, 6) is 0. The second-order valence-corrected chi connectivity index (χ2v) is 0.306. The van der Waals surface area contributed by atoms with Crippen LogP contribution in [-0.4, -0.2) is 5.16 Å². The third-order valence-corrected chi connectivity index (χ3v) is 0. The molecular weight excluding hydrogens is 122 g/mol. The molecule has 0 aliphatic rings. The first-order valence-corrected chi connectivity index (χ1v) is 0.862. The van der Waals surface area contributed by atoms with Gasteiger partial charge in [0.2, 0.25) is 0 Å². The molecule has 0 saturated carbocycles. The summed E-state index contributed by atoms with van der Waals surface area (Å²) in [5.41, 5.74) is 0. The van der Waals surface area contributed by atoms with Crippen molar-refractivity contribution in [3.8, 4) is 0 Å². The number of nitrogens with one attached hydrogen (secondary N) is 1. The second kappa shape index (κ2) is 10.3. The first-order valence-electron chi connectivity index (χ1n) is 0.454. The van der Waals surface area contributed by atoms with Crippen molar-refractivity contribution in [1.29, 1.82) is 5.41 Å². The van der Waals surface area contributed by atoms with E-state index in [1.807, 2.05) is 0 Å². The van der Waals surface area contributed by atoms with Crippen LogP contribution in [0.3, 0.4) is 0 Å². The van der Waals surface area contributed by atoms with Crippen molar-refractivity contribution in [3.05, 3.63) is 0 Å². The van der Waals surface area contributed by atoms with Gasteiger partial charge in [-0.2, -0.15) is 0 Å². The van der Waals surface area contributed by atoms with Crippen LogP contribution in [0.15, 0.2) is 0 Å². The quantitative estimate of drug-likeness (QED) is 0.285. The maximum atomic E-state index is 5.77. The van der Waals surface area contributed by atoms with Crippen molar-refractivity contribution in [2.45, 2.75) is 0 Å². The molecule has 0 amide bonds. The third-order valence-electron chi connectivity index (χ3n) is 0. The third kappa shape index (κ3) is 39.6. The monoisotopic (exact) mass is 122 g/mol. The van der Waals surface area contributed by atoms with E-state index in [0.717, 1.165) is 0 Å². The van der Waals surface area contributed by atoms with Crippen LogP contribution >= 0.6 is 12.2 Å². The van der Waals surface area contributed by atoms with Crippen LogP contribution in [-0.2, 0) is 17.1 Å². The number of isothiocyanates is 1. The van der Waals surface area contributed by atoms with Crippen LogP contribution in [0.5, 0.6) is 0 Å². The van der Waals surface area contributed by atoms with Crippen LogP contribution in [0, 0.1) is 5.41 Å². The van der Waals surface area contributed by atoms with Crippen molar-refractivity contribution in [1.82, 2.24) is 0 Å². The van der Waals surface area contributed by atoms with Gasteiger partial charge < -0.3 is 0 Å². The van der Waals surface area contributed by atoms with Gasteiger partial charge in [0.15, 0.2) is 0 Å². The molecular formula is CHCuNS. The predicted molar refractivity (Wildman–Crippen MR) is 15.3 cm³/mol. The first-order chi connectivity index (χ1) is 1.41. The molecule has 0 atom stereocenters. The largest absolute Gasteiger partial charge is 0.248 e. The summed E-state index contributed by atoms with van der Waals surface area (Å²) in [6.07, 6.45) is 0. The van der Waals surface area contributed by atoms with Gasteiger partial charge in [-0.1, -0.05) is 0 Å². The van der Waals surface area contributed by atoms with E-state index in [1.54, 1.807) is 5.16 Å². The molecule has 1 nitrogen and oxygen atoms in total. The molecule has 0 heterocycles. The van der Waals surface area contributed by atoms with Crippen LogP contribution in [0.1, 0.15) is 0 Å². The molecule has 1 N–H and O–H groups in total. The smallest absolute Gasteiger partial charge is 0.0554 e. The molecule has 0 aromatic rings. The fourth-order valence-corrected chi connectivity index (χ4v) is 0. The molecule has 0 fully saturated rings. The summed E-state index contributed by atoms with van der Waals surface area (Å²) in [4.78, 5) is 0. The Morgan fingerprint density at radius 2 is 1.75 bits per heavy atom. The molecule has 0 unspecified atom stereocenters. The Labute approximate surface area is 40.4 Å². The molecule has 0 aromatic heterocycles. The van der Waals surface area contributed by atoms with E-state index in [4.69, 9.17) is 5.41 Å². The summed E-state index contributed by atoms with van der Waals surface area (Å²) in [6.45, 7) is 0. The molecule has 0 spiro atoms. The van der Waals surface area contributed by atoms with Gasteiger partial charge in [0.1, 0.15) is 0 Å². The summed E-state index contributed by atoms with van der Waals surface area (Å²) in [5, 5.41) is 7.36. The van der Waals surface area contributed by atoms with Crippen molar-refractivity contribution in [3.63, 3.8) is 0 Å².